The zero-order chi connectivity index (χ0) is 22.3. The number of fused-ring (bicyclic) bond motifs is 1. The number of hydrogen-bond acceptors (Lipinski definition) is 4. The number of carbonyl (C=O) groups is 3. The van der Waals surface area contributed by atoms with Crippen LogP contribution in [0.1, 0.15) is 18.4 Å². The molecular formula is C25H25N3O4. The summed E-state index contributed by atoms with van der Waals surface area (Å²) in [6.07, 6.45) is 0.655. The number of nitrogens with one attached hydrogen (secondary N) is 2. The molecule has 7 nitrogen and oxygen atoms in total. The Morgan fingerprint density at radius 1 is 0.938 bits per heavy atom. The Hall–Kier alpha value is -3.87. The van der Waals surface area contributed by atoms with E-state index in [2.05, 4.69) is 10.6 Å². The van der Waals surface area contributed by atoms with E-state index in [0.29, 0.717) is 18.7 Å². The molecule has 3 amide bonds. The predicted molar refractivity (Wildman–Crippen MR) is 122 cm³/mol. The fourth-order valence-corrected chi connectivity index (χ4v) is 3.85. The van der Waals surface area contributed by atoms with E-state index >= 15 is 0 Å². The molecule has 0 bridgehead atoms. The maximum Gasteiger partial charge on any atom is 0.407 e. The first-order chi connectivity index (χ1) is 15.6. The zero-order valence-electron chi connectivity index (χ0n) is 17.6. The first kappa shape index (κ1) is 21.4. The number of carbonyl (C=O) groups excluding carboxylic acids is 3. The highest BCUT2D eigenvalue weighted by molar-refractivity contribution is 5.99. The summed E-state index contributed by atoms with van der Waals surface area (Å²) in [5.74, 6) is -0.532. The van der Waals surface area contributed by atoms with Crippen molar-refractivity contribution < 1.29 is 19.1 Å². The van der Waals surface area contributed by atoms with Crippen molar-refractivity contribution >= 4 is 34.4 Å². The third-order valence-corrected chi connectivity index (χ3v) is 5.49. The van der Waals surface area contributed by atoms with Gasteiger partial charge in [0.25, 0.3) is 0 Å². The molecular weight excluding hydrogens is 406 g/mol. The van der Waals surface area contributed by atoms with Gasteiger partial charge < -0.3 is 20.3 Å². The van der Waals surface area contributed by atoms with Gasteiger partial charge in [0, 0.05) is 12.2 Å². The van der Waals surface area contributed by atoms with Gasteiger partial charge in [0.2, 0.25) is 11.8 Å². The Kier molecular flexibility index (Phi) is 6.65. The van der Waals surface area contributed by atoms with E-state index in [-0.39, 0.29) is 25.0 Å². The largest absolute Gasteiger partial charge is 0.445 e. The molecule has 3 aromatic carbocycles. The van der Waals surface area contributed by atoms with Gasteiger partial charge in [-0.2, -0.15) is 0 Å². The summed E-state index contributed by atoms with van der Waals surface area (Å²) in [5, 5.41) is 7.52. The summed E-state index contributed by atoms with van der Waals surface area (Å²) in [7, 11) is 0. The van der Waals surface area contributed by atoms with Gasteiger partial charge in [-0.3, -0.25) is 9.59 Å². The normalized spacial score (nSPS) is 15.4. The summed E-state index contributed by atoms with van der Waals surface area (Å²) in [5.41, 5.74) is 1.55. The van der Waals surface area contributed by atoms with E-state index in [1.165, 1.54) is 4.90 Å². The van der Waals surface area contributed by atoms with E-state index in [1.807, 2.05) is 72.8 Å². The highest BCUT2D eigenvalue weighted by Gasteiger charge is 2.34. The maximum atomic E-state index is 12.8. The first-order valence-corrected chi connectivity index (χ1v) is 10.6. The molecule has 3 aromatic rings. The second-order valence-corrected chi connectivity index (χ2v) is 7.71. The molecule has 4 rings (SSSR count). The number of likely N-dealkylation sites (tertiary alicyclic amines) is 1. The number of amides is 3. The minimum atomic E-state index is -0.668. The van der Waals surface area contributed by atoms with Crippen molar-refractivity contribution in [1.29, 1.82) is 0 Å². The van der Waals surface area contributed by atoms with Crippen LogP contribution >= 0.6 is 0 Å². The lowest BCUT2D eigenvalue weighted by molar-refractivity contribution is -0.135. The molecule has 0 saturated carbocycles. The van der Waals surface area contributed by atoms with Crippen LogP contribution in [0.15, 0.2) is 72.8 Å². The van der Waals surface area contributed by atoms with E-state index in [0.717, 1.165) is 22.8 Å². The van der Waals surface area contributed by atoms with Crippen molar-refractivity contribution in [3.05, 3.63) is 78.4 Å². The molecule has 1 atom stereocenters. The second-order valence-electron chi connectivity index (χ2n) is 7.71. The third kappa shape index (κ3) is 5.24. The van der Waals surface area contributed by atoms with Crippen LogP contribution < -0.4 is 10.6 Å². The van der Waals surface area contributed by atoms with Crippen molar-refractivity contribution in [3.8, 4) is 0 Å². The van der Waals surface area contributed by atoms with Gasteiger partial charge in [-0.05, 0) is 41.3 Å². The van der Waals surface area contributed by atoms with Crippen molar-refractivity contribution in [2.24, 2.45) is 0 Å². The SMILES string of the molecule is O=C(NCC(=O)N1CCC[C@@H]1C(=O)Nc1ccc2ccccc2c1)OCc1ccccc1. The van der Waals surface area contributed by atoms with Gasteiger partial charge in [-0.1, -0.05) is 60.7 Å². The summed E-state index contributed by atoms with van der Waals surface area (Å²) in [6, 6.07) is 22.4. The van der Waals surface area contributed by atoms with Crippen LogP contribution in [0.5, 0.6) is 0 Å². The Morgan fingerprint density at radius 3 is 2.50 bits per heavy atom. The fraction of sp³-hybridized carbons (Fsp3) is 0.240. The molecule has 0 spiro atoms. The molecule has 0 radical (unpaired) electrons. The lowest BCUT2D eigenvalue weighted by Crippen LogP contribution is -2.47. The van der Waals surface area contributed by atoms with Gasteiger partial charge in [-0.25, -0.2) is 4.79 Å². The van der Waals surface area contributed by atoms with Crippen LogP contribution in [0, 0.1) is 0 Å². The van der Waals surface area contributed by atoms with Crippen molar-refractivity contribution in [2.45, 2.75) is 25.5 Å². The molecule has 1 aliphatic heterocycles. The Morgan fingerprint density at radius 2 is 1.69 bits per heavy atom. The number of anilines is 1. The monoisotopic (exact) mass is 431 g/mol. The molecule has 1 fully saturated rings. The molecule has 7 heteroatoms. The van der Waals surface area contributed by atoms with Crippen LogP contribution in [0.3, 0.4) is 0 Å². The lowest BCUT2D eigenvalue weighted by Gasteiger charge is -2.24. The van der Waals surface area contributed by atoms with E-state index in [4.69, 9.17) is 4.74 Å². The van der Waals surface area contributed by atoms with Crippen LogP contribution in [0.4, 0.5) is 10.5 Å². The average molecular weight is 431 g/mol. The van der Waals surface area contributed by atoms with Crippen molar-refractivity contribution in [2.75, 3.05) is 18.4 Å². The van der Waals surface area contributed by atoms with E-state index in [9.17, 15) is 14.4 Å². The highest BCUT2D eigenvalue weighted by Crippen LogP contribution is 2.22. The van der Waals surface area contributed by atoms with Gasteiger partial charge in [0.05, 0.1) is 0 Å². The molecule has 32 heavy (non-hydrogen) atoms. The molecule has 0 unspecified atom stereocenters. The molecule has 0 aromatic heterocycles. The lowest BCUT2D eigenvalue weighted by atomic mass is 10.1. The minimum Gasteiger partial charge on any atom is -0.445 e. The first-order valence-electron chi connectivity index (χ1n) is 10.6. The topological polar surface area (TPSA) is 87.7 Å². The molecule has 164 valence electrons. The van der Waals surface area contributed by atoms with Gasteiger partial charge in [0.15, 0.2) is 0 Å². The van der Waals surface area contributed by atoms with Gasteiger partial charge >= 0.3 is 6.09 Å². The summed E-state index contributed by atoms with van der Waals surface area (Å²) in [4.78, 5) is 38.9. The summed E-state index contributed by atoms with van der Waals surface area (Å²) >= 11 is 0. The standard InChI is InChI=1S/C25H25N3O4/c29-23(16-26-25(31)32-17-18-7-2-1-3-8-18)28-14-6-11-22(28)24(30)27-21-13-12-19-9-4-5-10-20(19)15-21/h1-5,7-10,12-13,15,22H,6,11,14,16-17H2,(H,26,31)(H,27,30)/t22-/m1/s1. The fourth-order valence-electron chi connectivity index (χ4n) is 3.85. The molecule has 0 aliphatic carbocycles. The minimum absolute atomic E-state index is 0.126. The molecule has 1 saturated heterocycles. The summed E-state index contributed by atoms with van der Waals surface area (Å²) < 4.78 is 5.13. The van der Waals surface area contributed by atoms with Crippen LogP contribution in [0.2, 0.25) is 0 Å². The van der Waals surface area contributed by atoms with E-state index < -0.39 is 12.1 Å². The third-order valence-electron chi connectivity index (χ3n) is 5.49. The molecule has 1 heterocycles. The van der Waals surface area contributed by atoms with Crippen LogP contribution in [-0.2, 0) is 20.9 Å². The number of ether oxygens (including phenoxy) is 1. The van der Waals surface area contributed by atoms with Gasteiger partial charge in [0.1, 0.15) is 19.2 Å². The number of benzene rings is 3. The Labute approximate surface area is 186 Å². The second kappa shape index (κ2) is 9.96. The number of rotatable bonds is 6. The summed E-state index contributed by atoms with van der Waals surface area (Å²) in [6.45, 7) is 0.393. The van der Waals surface area contributed by atoms with E-state index in [1.54, 1.807) is 0 Å². The van der Waals surface area contributed by atoms with Crippen LogP contribution in [-0.4, -0.2) is 41.9 Å². The Bertz CT molecular complexity index is 1120. The van der Waals surface area contributed by atoms with Crippen LogP contribution in [0.25, 0.3) is 10.8 Å². The molecule has 2 N–H and O–H groups in total. The maximum absolute atomic E-state index is 12.8. The average Bonchev–Trinajstić information content (AvgIpc) is 3.32. The highest BCUT2D eigenvalue weighted by atomic mass is 16.5. The Balaban J connectivity index is 1.29. The smallest absolute Gasteiger partial charge is 0.407 e. The van der Waals surface area contributed by atoms with Crippen molar-refractivity contribution in [1.82, 2.24) is 10.2 Å². The zero-order valence-corrected chi connectivity index (χ0v) is 17.6. The van der Waals surface area contributed by atoms with Gasteiger partial charge in [-0.15, -0.1) is 0 Å². The van der Waals surface area contributed by atoms with Crippen molar-refractivity contribution in [3.63, 3.8) is 0 Å². The molecule has 1 aliphatic rings. The number of hydrogen-bond donors (Lipinski definition) is 2. The number of nitrogens with zero attached hydrogens (tertiary/aromatic N) is 1. The quantitative estimate of drug-likeness (QED) is 0.623. The number of alkyl carbamates (subject to hydrolysis) is 1. The predicted octanol–water partition coefficient (Wildman–Crippen LogP) is 3.70.